The van der Waals surface area contributed by atoms with E-state index in [1.165, 1.54) is 0 Å². The van der Waals surface area contributed by atoms with E-state index in [4.69, 9.17) is 16.3 Å². The van der Waals surface area contributed by atoms with E-state index in [0.717, 1.165) is 37.8 Å². The zero-order valence-electron chi connectivity index (χ0n) is 14.7. The molecule has 0 bridgehead atoms. The number of anilines is 2. The Balaban J connectivity index is 1.51. The van der Waals surface area contributed by atoms with Gasteiger partial charge in [-0.3, -0.25) is 4.79 Å². The molecule has 140 valence electrons. The highest BCUT2D eigenvalue weighted by Gasteiger charge is 2.36. The Morgan fingerprint density at radius 1 is 1.19 bits per heavy atom. The van der Waals surface area contributed by atoms with E-state index in [2.05, 4.69) is 5.32 Å². The first-order chi connectivity index (χ1) is 12.6. The van der Waals surface area contributed by atoms with Gasteiger partial charge in [-0.05, 0) is 37.5 Å². The lowest BCUT2D eigenvalue weighted by Crippen LogP contribution is -2.56. The molecule has 2 heterocycles. The number of urea groups is 1. The molecule has 4 rings (SSSR count). The largest absolute Gasteiger partial charge is 0.374 e. The van der Waals surface area contributed by atoms with Crippen LogP contribution in [-0.4, -0.2) is 48.7 Å². The molecule has 1 aromatic carbocycles. The SMILES string of the molecule is O=C1CCCN1c1ccc(Cl)c(NC(=O)N2CCO[C@@H]3CCCC[C@@H]32)c1. The van der Waals surface area contributed by atoms with Crippen LogP contribution in [0.15, 0.2) is 18.2 Å². The minimum atomic E-state index is -0.142. The summed E-state index contributed by atoms with van der Waals surface area (Å²) in [6.45, 7) is 1.88. The molecule has 2 atom stereocenters. The molecule has 2 aliphatic heterocycles. The second kappa shape index (κ2) is 7.45. The number of halogens is 1. The molecule has 1 N–H and O–H groups in total. The standard InChI is InChI=1S/C19H24ClN3O3/c20-14-8-7-13(22-9-3-6-18(22)24)12-15(14)21-19(25)23-10-11-26-17-5-2-1-4-16(17)23/h7-8,12,16-17H,1-6,9-11H2,(H,21,25)/t16-,17+/m0/s1. The van der Waals surface area contributed by atoms with Crippen LogP contribution in [0.4, 0.5) is 16.2 Å². The van der Waals surface area contributed by atoms with Crippen LogP contribution < -0.4 is 10.2 Å². The van der Waals surface area contributed by atoms with Crippen LogP contribution >= 0.6 is 11.6 Å². The molecule has 2 saturated heterocycles. The van der Waals surface area contributed by atoms with Crippen molar-refractivity contribution >= 4 is 34.9 Å². The molecular formula is C19H24ClN3O3. The summed E-state index contributed by atoms with van der Waals surface area (Å²) in [5.74, 6) is 0.114. The van der Waals surface area contributed by atoms with Gasteiger partial charge in [-0.1, -0.05) is 24.4 Å². The van der Waals surface area contributed by atoms with E-state index >= 15 is 0 Å². The first kappa shape index (κ1) is 17.6. The first-order valence-electron chi connectivity index (χ1n) is 9.42. The van der Waals surface area contributed by atoms with Gasteiger partial charge in [0.1, 0.15) is 0 Å². The summed E-state index contributed by atoms with van der Waals surface area (Å²) in [6.07, 6.45) is 5.86. The highest BCUT2D eigenvalue weighted by atomic mass is 35.5. The average Bonchev–Trinajstić information content (AvgIpc) is 3.09. The zero-order chi connectivity index (χ0) is 18.1. The van der Waals surface area contributed by atoms with Gasteiger partial charge in [-0.2, -0.15) is 0 Å². The molecule has 1 saturated carbocycles. The average molecular weight is 378 g/mol. The van der Waals surface area contributed by atoms with E-state index in [0.29, 0.717) is 36.8 Å². The normalized spacial score (nSPS) is 26.0. The fourth-order valence-electron chi connectivity index (χ4n) is 4.23. The van der Waals surface area contributed by atoms with Crippen molar-refractivity contribution in [3.05, 3.63) is 23.2 Å². The number of hydrogen-bond donors (Lipinski definition) is 1. The number of nitrogens with one attached hydrogen (secondary N) is 1. The fourth-order valence-corrected chi connectivity index (χ4v) is 4.40. The summed E-state index contributed by atoms with van der Waals surface area (Å²) in [5, 5.41) is 3.43. The molecule has 3 aliphatic rings. The number of rotatable bonds is 2. The summed E-state index contributed by atoms with van der Waals surface area (Å²) in [6, 6.07) is 5.35. The van der Waals surface area contributed by atoms with Crippen molar-refractivity contribution in [1.82, 2.24) is 4.90 Å². The van der Waals surface area contributed by atoms with Gasteiger partial charge in [-0.15, -0.1) is 0 Å². The quantitative estimate of drug-likeness (QED) is 0.855. The lowest BCUT2D eigenvalue weighted by Gasteiger charge is -2.43. The smallest absolute Gasteiger partial charge is 0.322 e. The van der Waals surface area contributed by atoms with Crippen LogP contribution in [0.2, 0.25) is 5.02 Å². The van der Waals surface area contributed by atoms with Crippen LogP contribution in [0.5, 0.6) is 0 Å². The van der Waals surface area contributed by atoms with Crippen molar-refractivity contribution in [2.24, 2.45) is 0 Å². The number of benzene rings is 1. The summed E-state index contributed by atoms with van der Waals surface area (Å²) in [4.78, 5) is 28.5. The summed E-state index contributed by atoms with van der Waals surface area (Å²) in [5.41, 5.74) is 1.33. The number of carbonyl (C=O) groups excluding carboxylic acids is 2. The molecule has 0 aromatic heterocycles. The van der Waals surface area contributed by atoms with E-state index in [-0.39, 0.29) is 24.1 Å². The molecular weight excluding hydrogens is 354 g/mol. The number of ether oxygens (including phenoxy) is 1. The molecule has 1 aromatic rings. The van der Waals surface area contributed by atoms with E-state index in [9.17, 15) is 9.59 Å². The van der Waals surface area contributed by atoms with Gasteiger partial charge in [0.25, 0.3) is 0 Å². The molecule has 26 heavy (non-hydrogen) atoms. The topological polar surface area (TPSA) is 61.9 Å². The third kappa shape index (κ3) is 3.40. The van der Waals surface area contributed by atoms with E-state index < -0.39 is 0 Å². The number of morpholine rings is 1. The lowest BCUT2D eigenvalue weighted by atomic mass is 9.90. The van der Waals surface area contributed by atoms with E-state index in [1.807, 2.05) is 11.0 Å². The summed E-state index contributed by atoms with van der Waals surface area (Å²) in [7, 11) is 0. The van der Waals surface area contributed by atoms with Crippen molar-refractivity contribution in [3.8, 4) is 0 Å². The van der Waals surface area contributed by atoms with Gasteiger partial charge >= 0.3 is 6.03 Å². The monoisotopic (exact) mass is 377 g/mol. The third-order valence-corrected chi connectivity index (χ3v) is 5.90. The number of hydrogen-bond acceptors (Lipinski definition) is 3. The number of nitrogens with zero attached hydrogens (tertiary/aromatic N) is 2. The van der Waals surface area contributed by atoms with Gasteiger partial charge in [0.05, 0.1) is 29.5 Å². The Morgan fingerprint density at radius 2 is 2.04 bits per heavy atom. The Hall–Kier alpha value is -1.79. The first-order valence-corrected chi connectivity index (χ1v) is 9.80. The third-order valence-electron chi connectivity index (χ3n) is 5.57. The van der Waals surface area contributed by atoms with Crippen LogP contribution in [0.3, 0.4) is 0 Å². The summed E-state index contributed by atoms with van der Waals surface area (Å²) >= 11 is 6.30. The molecule has 0 radical (unpaired) electrons. The van der Waals surface area contributed by atoms with Crippen molar-refractivity contribution in [1.29, 1.82) is 0 Å². The second-order valence-corrected chi connectivity index (χ2v) is 7.60. The van der Waals surface area contributed by atoms with Crippen LogP contribution in [0, 0.1) is 0 Å². The Bertz CT molecular complexity index is 709. The highest BCUT2D eigenvalue weighted by molar-refractivity contribution is 6.33. The molecule has 6 nitrogen and oxygen atoms in total. The molecule has 0 spiro atoms. The number of carbonyl (C=O) groups is 2. The van der Waals surface area contributed by atoms with Crippen LogP contribution in [-0.2, 0) is 9.53 Å². The minimum Gasteiger partial charge on any atom is -0.374 e. The van der Waals surface area contributed by atoms with Crippen molar-refractivity contribution in [2.45, 2.75) is 50.7 Å². The van der Waals surface area contributed by atoms with Gasteiger partial charge in [0.2, 0.25) is 5.91 Å². The molecule has 7 heteroatoms. The Kier molecular flexibility index (Phi) is 5.05. The van der Waals surface area contributed by atoms with Crippen molar-refractivity contribution in [2.75, 3.05) is 29.9 Å². The predicted molar refractivity (Wildman–Crippen MR) is 101 cm³/mol. The number of fused-ring (bicyclic) bond motifs is 1. The van der Waals surface area contributed by atoms with Crippen molar-refractivity contribution in [3.63, 3.8) is 0 Å². The minimum absolute atomic E-state index is 0.114. The van der Waals surface area contributed by atoms with Crippen LogP contribution in [0.25, 0.3) is 0 Å². The maximum absolute atomic E-state index is 12.9. The fraction of sp³-hybridized carbons (Fsp3) is 0.579. The summed E-state index contributed by atoms with van der Waals surface area (Å²) < 4.78 is 5.84. The Labute approximate surface area is 158 Å². The van der Waals surface area contributed by atoms with Gasteiger partial charge < -0.3 is 19.9 Å². The zero-order valence-corrected chi connectivity index (χ0v) is 15.5. The van der Waals surface area contributed by atoms with Crippen LogP contribution in [0.1, 0.15) is 38.5 Å². The maximum atomic E-state index is 12.9. The van der Waals surface area contributed by atoms with E-state index in [1.54, 1.807) is 17.0 Å². The molecule has 3 amide bonds. The molecule has 0 unspecified atom stereocenters. The van der Waals surface area contributed by atoms with Crippen molar-refractivity contribution < 1.29 is 14.3 Å². The Morgan fingerprint density at radius 3 is 2.85 bits per heavy atom. The number of amides is 3. The second-order valence-electron chi connectivity index (χ2n) is 7.20. The lowest BCUT2D eigenvalue weighted by molar-refractivity contribution is -0.117. The predicted octanol–water partition coefficient (Wildman–Crippen LogP) is 3.64. The highest BCUT2D eigenvalue weighted by Crippen LogP contribution is 2.32. The molecule has 3 fully saturated rings. The maximum Gasteiger partial charge on any atom is 0.322 e. The van der Waals surface area contributed by atoms with Gasteiger partial charge in [0.15, 0.2) is 0 Å². The van der Waals surface area contributed by atoms with Gasteiger partial charge in [0, 0.05) is 25.2 Å². The molecule has 1 aliphatic carbocycles. The van der Waals surface area contributed by atoms with Gasteiger partial charge in [-0.25, -0.2) is 4.79 Å².